The Bertz CT molecular complexity index is 690. The maximum absolute atomic E-state index is 13.1. The maximum atomic E-state index is 13.1. The summed E-state index contributed by atoms with van der Waals surface area (Å²) in [7, 11) is 4.26. The predicted molar refractivity (Wildman–Crippen MR) is 209 cm³/mol. The van der Waals surface area contributed by atoms with Gasteiger partial charge in [0.05, 0.1) is 0 Å². The molecule has 46 heavy (non-hydrogen) atoms. The lowest BCUT2D eigenvalue weighted by Gasteiger charge is -2.16. The van der Waals surface area contributed by atoms with Gasteiger partial charge in [-0.1, -0.05) is 159 Å². The van der Waals surface area contributed by atoms with Gasteiger partial charge in [-0.3, -0.25) is 4.79 Å². The Morgan fingerprint density at radius 1 is 0.457 bits per heavy atom. The van der Waals surface area contributed by atoms with Crippen molar-refractivity contribution in [3.63, 3.8) is 0 Å². The van der Waals surface area contributed by atoms with Crippen LogP contribution in [0.15, 0.2) is 36.5 Å². The molecule has 0 aliphatic heterocycles. The fraction of sp³-hybridized carbons (Fsp3) is 0.841. The molecule has 0 N–H and O–H groups in total. The van der Waals surface area contributed by atoms with E-state index in [1.165, 1.54) is 161 Å². The zero-order valence-corrected chi connectivity index (χ0v) is 32.0. The van der Waals surface area contributed by atoms with Gasteiger partial charge < -0.3 is 4.90 Å². The molecule has 270 valence electrons. The summed E-state index contributed by atoms with van der Waals surface area (Å²) in [5.74, 6) is 0.885. The van der Waals surface area contributed by atoms with Crippen LogP contribution in [0.1, 0.15) is 213 Å². The van der Waals surface area contributed by atoms with Gasteiger partial charge in [-0.2, -0.15) is 0 Å². The smallest absolute Gasteiger partial charge is 0.135 e. The van der Waals surface area contributed by atoms with E-state index in [-0.39, 0.29) is 0 Å². The van der Waals surface area contributed by atoms with E-state index in [0.717, 1.165) is 45.1 Å². The SMILES string of the molecule is CCCCC/C=C\C/C=C\CCCCCCCCC(CCCCCCCC/C=C\CCCCCCCC)C(=O)CCCCN(C)C. The normalized spacial score (nSPS) is 12.9. The largest absolute Gasteiger partial charge is 0.309 e. The van der Waals surface area contributed by atoms with E-state index in [1.54, 1.807) is 0 Å². The standard InChI is InChI=1S/C44H83NO/c1-5-7-9-11-13-15-17-19-21-23-25-27-29-31-33-35-39-43(44(46)41-37-38-42-45(3)4)40-36-34-32-30-28-26-24-22-20-18-16-14-12-10-8-6-2/h13,15,19-22,43H,5-12,14,16-18,23-42H2,1-4H3/b15-13-,21-19-,22-20-. The Labute approximate surface area is 290 Å². The fourth-order valence-electron chi connectivity index (χ4n) is 6.41. The quantitative estimate of drug-likeness (QED) is 0.0497. The van der Waals surface area contributed by atoms with E-state index < -0.39 is 0 Å². The van der Waals surface area contributed by atoms with E-state index >= 15 is 0 Å². The molecule has 1 unspecified atom stereocenters. The van der Waals surface area contributed by atoms with Crippen molar-refractivity contribution in [2.24, 2.45) is 5.92 Å². The number of carbonyl (C=O) groups excluding carboxylic acids is 1. The number of rotatable bonds is 37. The van der Waals surface area contributed by atoms with Gasteiger partial charge in [0, 0.05) is 12.3 Å². The highest BCUT2D eigenvalue weighted by molar-refractivity contribution is 5.80. The van der Waals surface area contributed by atoms with E-state index in [9.17, 15) is 4.79 Å². The van der Waals surface area contributed by atoms with Crippen LogP contribution in [0.5, 0.6) is 0 Å². The van der Waals surface area contributed by atoms with Crippen LogP contribution in [0.25, 0.3) is 0 Å². The van der Waals surface area contributed by atoms with Crippen LogP contribution in [-0.2, 0) is 4.79 Å². The summed E-state index contributed by atoms with van der Waals surface area (Å²) in [6.07, 6.45) is 53.8. The summed E-state index contributed by atoms with van der Waals surface area (Å²) >= 11 is 0. The van der Waals surface area contributed by atoms with E-state index in [1.807, 2.05) is 0 Å². The number of unbranched alkanes of at least 4 members (excludes halogenated alkanes) is 22. The molecule has 0 aromatic rings. The molecule has 0 bridgehead atoms. The Kier molecular flexibility index (Phi) is 37.3. The number of hydrogen-bond acceptors (Lipinski definition) is 2. The molecule has 0 heterocycles. The summed E-state index contributed by atoms with van der Waals surface area (Å²) in [5.41, 5.74) is 0. The highest BCUT2D eigenvalue weighted by Gasteiger charge is 2.17. The van der Waals surface area contributed by atoms with Crippen molar-refractivity contribution in [3.05, 3.63) is 36.5 Å². The van der Waals surface area contributed by atoms with E-state index in [0.29, 0.717) is 11.7 Å². The molecule has 0 fully saturated rings. The molecule has 0 amide bonds. The zero-order valence-electron chi connectivity index (χ0n) is 32.0. The van der Waals surface area contributed by atoms with Crippen molar-refractivity contribution in [1.29, 1.82) is 0 Å². The number of allylic oxidation sites excluding steroid dienone is 6. The average molecular weight is 642 g/mol. The third-order valence-electron chi connectivity index (χ3n) is 9.55. The van der Waals surface area contributed by atoms with Gasteiger partial charge in [0.1, 0.15) is 5.78 Å². The molecule has 0 aromatic heterocycles. The molecule has 1 atom stereocenters. The van der Waals surface area contributed by atoms with E-state index in [4.69, 9.17) is 0 Å². The van der Waals surface area contributed by atoms with Crippen LogP contribution in [-0.4, -0.2) is 31.3 Å². The summed E-state index contributed by atoms with van der Waals surface area (Å²) < 4.78 is 0. The third-order valence-corrected chi connectivity index (χ3v) is 9.55. The van der Waals surface area contributed by atoms with Crippen LogP contribution < -0.4 is 0 Å². The van der Waals surface area contributed by atoms with Gasteiger partial charge in [-0.25, -0.2) is 0 Å². The summed E-state index contributed by atoms with van der Waals surface area (Å²) in [6, 6.07) is 0. The second-order valence-corrected chi connectivity index (χ2v) is 14.5. The minimum atomic E-state index is 0.321. The van der Waals surface area contributed by atoms with Gasteiger partial charge in [-0.05, 0) is 104 Å². The number of Topliss-reactive ketones (excluding diaryl/α,β-unsaturated/α-hetero) is 1. The van der Waals surface area contributed by atoms with Crippen molar-refractivity contribution in [1.82, 2.24) is 4.90 Å². The highest BCUT2D eigenvalue weighted by atomic mass is 16.1. The molecule has 0 aliphatic rings. The van der Waals surface area contributed by atoms with Crippen molar-refractivity contribution in [2.75, 3.05) is 20.6 Å². The van der Waals surface area contributed by atoms with Crippen molar-refractivity contribution >= 4 is 5.78 Å². The topological polar surface area (TPSA) is 20.3 Å². The molecular weight excluding hydrogens is 558 g/mol. The second-order valence-electron chi connectivity index (χ2n) is 14.5. The minimum absolute atomic E-state index is 0.321. The van der Waals surface area contributed by atoms with Gasteiger partial charge in [0.15, 0.2) is 0 Å². The van der Waals surface area contributed by atoms with Crippen LogP contribution >= 0.6 is 0 Å². The number of hydrogen-bond donors (Lipinski definition) is 0. The Hall–Kier alpha value is -1.15. The lowest BCUT2D eigenvalue weighted by molar-refractivity contribution is -0.123. The molecule has 2 heteroatoms. The van der Waals surface area contributed by atoms with Gasteiger partial charge in [0.25, 0.3) is 0 Å². The van der Waals surface area contributed by atoms with Crippen LogP contribution in [0, 0.1) is 5.92 Å². The molecule has 0 spiro atoms. The molecule has 0 rings (SSSR count). The maximum Gasteiger partial charge on any atom is 0.135 e. The third kappa shape index (κ3) is 35.7. The van der Waals surface area contributed by atoms with Crippen LogP contribution in [0.3, 0.4) is 0 Å². The Morgan fingerprint density at radius 3 is 1.28 bits per heavy atom. The molecule has 0 saturated carbocycles. The first-order valence-electron chi connectivity index (χ1n) is 20.7. The van der Waals surface area contributed by atoms with Crippen molar-refractivity contribution in [2.45, 2.75) is 213 Å². The molecule has 0 aromatic carbocycles. The monoisotopic (exact) mass is 642 g/mol. The highest BCUT2D eigenvalue weighted by Crippen LogP contribution is 2.22. The Morgan fingerprint density at radius 2 is 0.826 bits per heavy atom. The van der Waals surface area contributed by atoms with Crippen LogP contribution in [0.4, 0.5) is 0 Å². The predicted octanol–water partition coefficient (Wildman–Crippen LogP) is 14.5. The van der Waals surface area contributed by atoms with E-state index in [2.05, 4.69) is 69.3 Å². The average Bonchev–Trinajstić information content (AvgIpc) is 3.05. The first kappa shape index (κ1) is 44.9. The second kappa shape index (κ2) is 38.3. The molecule has 2 nitrogen and oxygen atoms in total. The van der Waals surface area contributed by atoms with Crippen molar-refractivity contribution in [3.8, 4) is 0 Å². The molecule has 0 radical (unpaired) electrons. The number of carbonyl (C=O) groups is 1. The molecular formula is C44H83NO. The van der Waals surface area contributed by atoms with Crippen LogP contribution in [0.2, 0.25) is 0 Å². The number of nitrogens with zero attached hydrogens (tertiary/aromatic N) is 1. The summed E-state index contributed by atoms with van der Waals surface area (Å²) in [4.78, 5) is 15.4. The summed E-state index contributed by atoms with van der Waals surface area (Å²) in [6.45, 7) is 5.65. The zero-order chi connectivity index (χ0) is 33.6. The minimum Gasteiger partial charge on any atom is -0.309 e. The Balaban J connectivity index is 3.99. The first-order valence-corrected chi connectivity index (χ1v) is 20.7. The molecule has 0 saturated heterocycles. The molecule has 0 aliphatic carbocycles. The fourth-order valence-corrected chi connectivity index (χ4v) is 6.41. The van der Waals surface area contributed by atoms with Gasteiger partial charge >= 0.3 is 0 Å². The first-order chi connectivity index (χ1) is 22.6. The lowest BCUT2D eigenvalue weighted by atomic mass is 9.88. The van der Waals surface area contributed by atoms with Gasteiger partial charge in [-0.15, -0.1) is 0 Å². The summed E-state index contributed by atoms with van der Waals surface area (Å²) in [5, 5.41) is 0. The lowest BCUT2D eigenvalue weighted by Crippen LogP contribution is -2.16. The number of ketones is 1. The van der Waals surface area contributed by atoms with Crippen molar-refractivity contribution < 1.29 is 4.79 Å². The van der Waals surface area contributed by atoms with Gasteiger partial charge in [0.2, 0.25) is 0 Å².